The molecule has 5 aromatic rings. The number of anilines is 2. The van der Waals surface area contributed by atoms with Crippen LogP contribution in [0.2, 0.25) is 0 Å². The highest BCUT2D eigenvalue weighted by Crippen LogP contribution is 2.31. The molecule has 0 aliphatic carbocycles. The van der Waals surface area contributed by atoms with Crippen LogP contribution in [-0.4, -0.2) is 44.1 Å². The molecule has 1 unspecified atom stereocenters. The van der Waals surface area contributed by atoms with Gasteiger partial charge in [-0.15, -0.1) is 0 Å². The van der Waals surface area contributed by atoms with Crippen LogP contribution < -0.4 is 16.0 Å². The van der Waals surface area contributed by atoms with Crippen molar-refractivity contribution in [2.24, 2.45) is 7.05 Å². The van der Waals surface area contributed by atoms with Crippen LogP contribution in [0.3, 0.4) is 0 Å². The molecule has 9 nitrogen and oxygen atoms in total. The molecule has 3 aromatic carbocycles. The smallest absolute Gasteiger partial charge is 0.270 e. The van der Waals surface area contributed by atoms with Gasteiger partial charge in [-0.2, -0.15) is 5.10 Å². The Kier molecular flexibility index (Phi) is 7.23. The summed E-state index contributed by atoms with van der Waals surface area (Å²) < 4.78 is 1.49. The zero-order chi connectivity index (χ0) is 28.2. The van der Waals surface area contributed by atoms with Crippen molar-refractivity contribution in [3.05, 3.63) is 126 Å². The molecule has 0 radical (unpaired) electrons. The summed E-state index contributed by atoms with van der Waals surface area (Å²) in [5, 5.41) is 13.4. The van der Waals surface area contributed by atoms with Crippen molar-refractivity contribution in [2.45, 2.75) is 18.4 Å². The van der Waals surface area contributed by atoms with E-state index >= 15 is 0 Å². The maximum Gasteiger partial charge on any atom is 0.270 e. The molecular formula is C32H29N7O2. The fraction of sp³-hybridized carbons (Fsp3) is 0.156. The van der Waals surface area contributed by atoms with Crippen LogP contribution in [0.25, 0.3) is 11.3 Å². The molecule has 3 N–H and O–H groups in total. The van der Waals surface area contributed by atoms with E-state index < -0.39 is 12.0 Å². The number of carbonyl (C=O) groups is 2. The number of hydrogen-bond donors (Lipinski definition) is 3. The number of fused-ring (bicyclic) bond motifs is 1. The lowest BCUT2D eigenvalue weighted by molar-refractivity contribution is -0.118. The Balaban J connectivity index is 1.32. The lowest BCUT2D eigenvalue weighted by atomic mass is 9.84. The number of carbonyl (C=O) groups excluding carboxylic acids is 2. The quantitative estimate of drug-likeness (QED) is 0.267. The van der Waals surface area contributed by atoms with E-state index in [0.717, 1.165) is 46.7 Å². The number of rotatable bonds is 8. The zero-order valence-corrected chi connectivity index (χ0v) is 22.5. The van der Waals surface area contributed by atoms with Gasteiger partial charge in [-0.1, -0.05) is 72.8 Å². The van der Waals surface area contributed by atoms with Gasteiger partial charge in [0, 0.05) is 42.5 Å². The van der Waals surface area contributed by atoms with E-state index in [4.69, 9.17) is 0 Å². The first-order chi connectivity index (χ1) is 20.1. The molecule has 1 aliphatic heterocycles. The first-order valence-corrected chi connectivity index (χ1v) is 13.5. The molecule has 9 heteroatoms. The van der Waals surface area contributed by atoms with Crippen LogP contribution >= 0.6 is 0 Å². The van der Waals surface area contributed by atoms with E-state index in [2.05, 4.69) is 31.0 Å². The van der Waals surface area contributed by atoms with Crippen molar-refractivity contribution in [3.8, 4) is 11.3 Å². The summed E-state index contributed by atoms with van der Waals surface area (Å²) in [5.74, 6) is -0.293. The Hall–Kier alpha value is -5.31. The van der Waals surface area contributed by atoms with Crippen LogP contribution in [0, 0.1) is 0 Å². The van der Waals surface area contributed by atoms with Crippen molar-refractivity contribution in [1.82, 2.24) is 25.1 Å². The summed E-state index contributed by atoms with van der Waals surface area (Å²) in [4.78, 5) is 36.2. The Morgan fingerprint density at radius 2 is 1.56 bits per heavy atom. The second kappa shape index (κ2) is 11.4. The molecule has 0 saturated heterocycles. The molecule has 2 amide bonds. The summed E-state index contributed by atoms with van der Waals surface area (Å²) in [6.07, 6.45) is 3.98. The standard InChI is InChI=1S/C32H29N7O2/c1-39-26(17-19-36-39)31(40)38-29(27(21-8-4-2-5-9-21)22-10-6-3-7-11-22)32(41)37-24-14-12-23(13-15-24)28-25-16-18-33-30(25)35-20-34-28/h2-15,17,19-20,27,29H,16,18H2,1H3,(H,37,41)(H,38,40)(H,33,34,35). The molecule has 41 heavy (non-hydrogen) atoms. The highest BCUT2D eigenvalue weighted by atomic mass is 16.2. The molecule has 0 spiro atoms. The zero-order valence-electron chi connectivity index (χ0n) is 22.5. The van der Waals surface area contributed by atoms with Crippen LogP contribution in [0.4, 0.5) is 11.5 Å². The Labute approximate surface area is 237 Å². The lowest BCUT2D eigenvalue weighted by Crippen LogP contribution is -2.48. The fourth-order valence-electron chi connectivity index (χ4n) is 5.30. The third-order valence-electron chi connectivity index (χ3n) is 7.31. The summed E-state index contributed by atoms with van der Waals surface area (Å²) >= 11 is 0. The molecule has 2 aromatic heterocycles. The number of benzene rings is 3. The molecule has 3 heterocycles. The molecule has 1 atom stereocenters. The van der Waals surface area contributed by atoms with Gasteiger partial charge in [0.1, 0.15) is 23.9 Å². The average molecular weight is 544 g/mol. The maximum absolute atomic E-state index is 14.0. The Bertz CT molecular complexity index is 1630. The molecule has 204 valence electrons. The van der Waals surface area contributed by atoms with E-state index in [1.807, 2.05) is 84.9 Å². The monoisotopic (exact) mass is 543 g/mol. The topological polar surface area (TPSA) is 114 Å². The lowest BCUT2D eigenvalue weighted by Gasteiger charge is -2.28. The average Bonchev–Trinajstić information content (AvgIpc) is 3.67. The predicted octanol–water partition coefficient (Wildman–Crippen LogP) is 4.41. The van der Waals surface area contributed by atoms with E-state index in [0.29, 0.717) is 11.4 Å². The third kappa shape index (κ3) is 5.42. The fourth-order valence-corrected chi connectivity index (χ4v) is 5.30. The normalized spacial score (nSPS) is 12.8. The molecular weight excluding hydrogens is 514 g/mol. The van der Waals surface area contributed by atoms with Crippen LogP contribution in [0.15, 0.2) is 104 Å². The van der Waals surface area contributed by atoms with Crippen molar-refractivity contribution in [2.75, 3.05) is 17.2 Å². The van der Waals surface area contributed by atoms with Crippen molar-refractivity contribution in [1.29, 1.82) is 0 Å². The van der Waals surface area contributed by atoms with Gasteiger partial charge in [-0.25, -0.2) is 9.97 Å². The van der Waals surface area contributed by atoms with E-state index in [-0.39, 0.29) is 11.8 Å². The summed E-state index contributed by atoms with van der Waals surface area (Å²) in [5.41, 5.74) is 5.71. The second-order valence-corrected chi connectivity index (χ2v) is 9.88. The van der Waals surface area contributed by atoms with Gasteiger partial charge in [0.25, 0.3) is 5.91 Å². The summed E-state index contributed by atoms with van der Waals surface area (Å²) in [7, 11) is 1.69. The van der Waals surface area contributed by atoms with Gasteiger partial charge in [-0.3, -0.25) is 14.3 Å². The predicted molar refractivity (Wildman–Crippen MR) is 157 cm³/mol. The molecule has 0 fully saturated rings. The minimum Gasteiger partial charge on any atom is -0.369 e. The number of aromatic nitrogens is 4. The van der Waals surface area contributed by atoms with Gasteiger partial charge in [0.15, 0.2) is 0 Å². The molecule has 0 saturated carbocycles. The Morgan fingerprint density at radius 3 is 2.20 bits per heavy atom. The minimum absolute atomic E-state index is 0.335. The van der Waals surface area contributed by atoms with E-state index in [9.17, 15) is 9.59 Å². The first-order valence-electron chi connectivity index (χ1n) is 13.5. The van der Waals surface area contributed by atoms with E-state index in [1.54, 1.807) is 25.6 Å². The molecule has 0 bridgehead atoms. The Morgan fingerprint density at radius 1 is 0.878 bits per heavy atom. The van der Waals surface area contributed by atoms with Gasteiger partial charge in [0.05, 0.1) is 5.69 Å². The first kappa shape index (κ1) is 25.9. The number of amides is 2. The molecule has 1 aliphatic rings. The second-order valence-electron chi connectivity index (χ2n) is 9.88. The van der Waals surface area contributed by atoms with Crippen molar-refractivity contribution in [3.63, 3.8) is 0 Å². The molecule has 6 rings (SSSR count). The van der Waals surface area contributed by atoms with Gasteiger partial charge >= 0.3 is 0 Å². The third-order valence-corrected chi connectivity index (χ3v) is 7.31. The minimum atomic E-state index is -0.918. The number of nitrogens with one attached hydrogen (secondary N) is 3. The van der Waals surface area contributed by atoms with Crippen LogP contribution in [0.5, 0.6) is 0 Å². The number of aryl methyl sites for hydroxylation is 1. The SMILES string of the molecule is Cn1nccc1C(=O)NC(C(=O)Nc1ccc(-c2ncnc3c2CCN3)cc1)C(c1ccccc1)c1ccccc1. The summed E-state index contributed by atoms with van der Waals surface area (Å²) in [6.45, 7) is 0.838. The van der Waals surface area contributed by atoms with Crippen LogP contribution in [-0.2, 0) is 18.3 Å². The van der Waals surface area contributed by atoms with Crippen LogP contribution in [0.1, 0.15) is 33.1 Å². The summed E-state index contributed by atoms with van der Waals surface area (Å²) in [6, 6.07) is 27.8. The van der Waals surface area contributed by atoms with E-state index in [1.165, 1.54) is 4.68 Å². The highest BCUT2D eigenvalue weighted by Gasteiger charge is 2.33. The van der Waals surface area contributed by atoms with Gasteiger partial charge in [-0.05, 0) is 35.7 Å². The number of hydrogen-bond acceptors (Lipinski definition) is 6. The number of nitrogens with zero attached hydrogens (tertiary/aromatic N) is 4. The van der Waals surface area contributed by atoms with Crippen molar-refractivity contribution >= 4 is 23.3 Å². The highest BCUT2D eigenvalue weighted by molar-refractivity contribution is 6.01. The van der Waals surface area contributed by atoms with Gasteiger partial charge < -0.3 is 16.0 Å². The van der Waals surface area contributed by atoms with Crippen molar-refractivity contribution < 1.29 is 9.59 Å². The largest absolute Gasteiger partial charge is 0.369 e. The van der Waals surface area contributed by atoms with Gasteiger partial charge in [0.2, 0.25) is 5.91 Å². The maximum atomic E-state index is 14.0.